The number of nitrogens with zero attached hydrogens (tertiary/aromatic N) is 2. The summed E-state index contributed by atoms with van der Waals surface area (Å²) in [6, 6.07) is -0.428. The van der Waals surface area contributed by atoms with Gasteiger partial charge in [-0.1, -0.05) is 32.9 Å². The Morgan fingerprint density at radius 1 is 0.906 bits per heavy atom. The molecule has 64 heavy (non-hydrogen) atoms. The van der Waals surface area contributed by atoms with E-state index in [0.717, 1.165) is 6.92 Å². The molecule has 3 saturated heterocycles. The highest BCUT2D eigenvalue weighted by molar-refractivity contribution is 5.89. The lowest BCUT2D eigenvalue weighted by molar-refractivity contribution is -0.319. The Bertz CT molecular complexity index is 1670. The van der Waals surface area contributed by atoms with Crippen molar-refractivity contribution in [1.29, 1.82) is 0 Å². The zero-order chi connectivity index (χ0) is 48.6. The highest BCUT2D eigenvalue weighted by Crippen LogP contribution is 2.42. The number of aliphatic hydroxyl groups is 3. The van der Waals surface area contributed by atoms with Gasteiger partial charge in [0, 0.05) is 65.0 Å². The molecule has 0 unspecified atom stereocenters. The fourth-order valence-electron chi connectivity index (χ4n) is 9.73. The Labute approximate surface area is 379 Å². The van der Waals surface area contributed by atoms with Crippen LogP contribution in [0.2, 0.25) is 0 Å². The SMILES string of the molecule is C#CCCN(C)[C@H]1C[C@@H](C)O[C@@H](O[C@@H]2[C@@H](C)[C@H](O[C@H]3C[C@@](C)(OC)[C@@H](OC(C)=O)[C@H](C)O3)[C@@H](C)C(=O)O[C@H](CC)[C@@](C)(O)[C@H](O)[C@@H](C)/C(=N/OC(C)=O)[C@H](C)C[C@@]2(C)O)[C@@H]1OC(C)=O. The van der Waals surface area contributed by atoms with Gasteiger partial charge in [0.1, 0.15) is 17.3 Å². The molecule has 18 nitrogen and oxygen atoms in total. The molecule has 3 rings (SSSR count). The van der Waals surface area contributed by atoms with E-state index in [9.17, 15) is 34.5 Å². The molecule has 18 heteroatoms. The van der Waals surface area contributed by atoms with Crippen LogP contribution < -0.4 is 0 Å². The lowest BCUT2D eigenvalue weighted by atomic mass is 9.73. The molecule has 3 fully saturated rings. The number of oxime groups is 1. The van der Waals surface area contributed by atoms with Gasteiger partial charge in [0.25, 0.3) is 0 Å². The van der Waals surface area contributed by atoms with Crippen LogP contribution in [0, 0.1) is 36.0 Å². The number of esters is 3. The lowest BCUT2D eigenvalue weighted by Crippen LogP contribution is -2.62. The van der Waals surface area contributed by atoms with Crippen LogP contribution in [0.5, 0.6) is 0 Å². The van der Waals surface area contributed by atoms with Gasteiger partial charge in [0.15, 0.2) is 24.8 Å². The van der Waals surface area contributed by atoms with Crippen LogP contribution in [0.1, 0.15) is 122 Å². The number of rotatable bonds is 12. The number of likely N-dealkylation sites (N-methyl/N-ethyl adjacent to an activating group) is 1. The molecule has 3 N–H and O–H groups in total. The van der Waals surface area contributed by atoms with Gasteiger partial charge >= 0.3 is 23.9 Å². The predicted molar refractivity (Wildman–Crippen MR) is 232 cm³/mol. The van der Waals surface area contributed by atoms with Crippen molar-refractivity contribution in [2.45, 2.75) is 206 Å². The highest BCUT2D eigenvalue weighted by atomic mass is 16.7. The maximum absolute atomic E-state index is 14.5. The molecule has 0 aromatic carbocycles. The second-order valence-electron chi connectivity index (χ2n) is 18.8. The molecular weight excluding hydrogens is 837 g/mol. The van der Waals surface area contributed by atoms with E-state index in [1.807, 2.05) is 18.9 Å². The van der Waals surface area contributed by atoms with Crippen LogP contribution in [-0.2, 0) is 61.9 Å². The Hall–Kier alpha value is -3.25. The molecule has 3 aliphatic heterocycles. The van der Waals surface area contributed by atoms with E-state index in [1.54, 1.807) is 48.5 Å². The molecule has 366 valence electrons. The normalized spacial score (nSPS) is 42.2. The first-order valence-corrected chi connectivity index (χ1v) is 22.4. The van der Waals surface area contributed by atoms with Crippen molar-refractivity contribution in [3.63, 3.8) is 0 Å². The number of carbonyl (C=O) groups is 4. The van der Waals surface area contributed by atoms with Crippen molar-refractivity contribution in [2.24, 2.45) is 28.8 Å². The van der Waals surface area contributed by atoms with Crippen molar-refractivity contribution < 1.29 is 77.2 Å². The van der Waals surface area contributed by atoms with E-state index in [2.05, 4.69) is 11.1 Å². The molecule has 3 heterocycles. The topological polar surface area (TPSA) is 228 Å². The third-order valence-electron chi connectivity index (χ3n) is 13.2. The van der Waals surface area contributed by atoms with Gasteiger partial charge < -0.3 is 58.1 Å². The maximum Gasteiger partial charge on any atom is 0.331 e. The van der Waals surface area contributed by atoms with Gasteiger partial charge in [0.2, 0.25) is 0 Å². The molecule has 0 aromatic heterocycles. The highest BCUT2D eigenvalue weighted by Gasteiger charge is 2.54. The van der Waals surface area contributed by atoms with E-state index >= 15 is 0 Å². The second-order valence-corrected chi connectivity index (χ2v) is 18.8. The average Bonchev–Trinajstić information content (AvgIpc) is 3.20. The third kappa shape index (κ3) is 13.4. The van der Waals surface area contributed by atoms with Crippen molar-refractivity contribution in [3.05, 3.63) is 0 Å². The summed E-state index contributed by atoms with van der Waals surface area (Å²) in [4.78, 5) is 58.6. The molecule has 0 radical (unpaired) electrons. The molecule has 0 spiro atoms. The van der Waals surface area contributed by atoms with E-state index in [-0.39, 0.29) is 25.0 Å². The van der Waals surface area contributed by atoms with Gasteiger partial charge in [-0.15, -0.1) is 12.3 Å². The lowest BCUT2D eigenvalue weighted by Gasteiger charge is -2.50. The van der Waals surface area contributed by atoms with Gasteiger partial charge in [-0.25, -0.2) is 4.79 Å². The summed E-state index contributed by atoms with van der Waals surface area (Å²) in [7, 11) is 3.34. The van der Waals surface area contributed by atoms with Gasteiger partial charge in [-0.2, -0.15) is 0 Å². The number of aliphatic hydroxyl groups excluding tert-OH is 1. The molecule has 18 atom stereocenters. The first kappa shape index (κ1) is 55.1. The molecule has 0 amide bonds. The average molecular weight is 913 g/mol. The monoisotopic (exact) mass is 913 g/mol. The number of hydrogen-bond acceptors (Lipinski definition) is 18. The molecule has 0 aliphatic carbocycles. The van der Waals surface area contributed by atoms with Crippen LogP contribution in [0.25, 0.3) is 0 Å². The fourth-order valence-corrected chi connectivity index (χ4v) is 9.73. The standard InChI is InChI=1S/C46H76N2O16/c1-17-19-20-48(15)33-21-25(4)57-43(38(33)59-30(9)49)63-40-27(6)37(62-35-23-45(13,56-16)41(29(8)58-35)60-31(10)50)28(7)42(53)61-34(18-2)46(14,55)39(52)26(5)36(47-64-32(11)51)24(3)22-44(40,12)54/h1,24-29,33-35,37-41,43,52,54-55H,18-23H2,2-16H3/b47-36+/t24-,25-,26+,27+,28-,29+,33+,34-,35+,37+,38-,39-,40-,41+,43+,44-,45-,46-/m1/s1. The minimum Gasteiger partial charge on any atom is -0.459 e. The fraction of sp³-hybridized carbons (Fsp3) is 0.848. The predicted octanol–water partition coefficient (Wildman–Crippen LogP) is 3.67. The second kappa shape index (κ2) is 23.0. The minimum absolute atomic E-state index is 0.0333. The molecule has 0 bridgehead atoms. The smallest absolute Gasteiger partial charge is 0.331 e. The summed E-state index contributed by atoms with van der Waals surface area (Å²) in [6.07, 6.45) is -4.31. The first-order chi connectivity index (χ1) is 29.6. The first-order valence-electron chi connectivity index (χ1n) is 22.4. The van der Waals surface area contributed by atoms with Crippen molar-refractivity contribution >= 4 is 29.6 Å². The summed E-state index contributed by atoms with van der Waals surface area (Å²) < 4.78 is 50.1. The van der Waals surface area contributed by atoms with Gasteiger partial charge in [0.05, 0.1) is 53.8 Å². The maximum atomic E-state index is 14.5. The van der Waals surface area contributed by atoms with Gasteiger partial charge in [-0.3, -0.25) is 19.3 Å². The Kier molecular flexibility index (Phi) is 19.8. The van der Waals surface area contributed by atoms with Crippen molar-refractivity contribution in [1.82, 2.24) is 4.90 Å². The summed E-state index contributed by atoms with van der Waals surface area (Å²) in [5.41, 5.74) is -4.95. The summed E-state index contributed by atoms with van der Waals surface area (Å²) in [6.45, 7) is 20.7. The number of terminal acetylenes is 1. The van der Waals surface area contributed by atoms with Gasteiger partial charge in [-0.05, 0) is 67.9 Å². The van der Waals surface area contributed by atoms with Crippen LogP contribution in [-0.4, -0.2) is 155 Å². The van der Waals surface area contributed by atoms with Crippen LogP contribution >= 0.6 is 0 Å². The Morgan fingerprint density at radius 3 is 2.08 bits per heavy atom. The van der Waals surface area contributed by atoms with Crippen LogP contribution in [0.3, 0.4) is 0 Å². The molecule has 0 saturated carbocycles. The number of ether oxygens (including phenoxy) is 8. The Balaban J connectivity index is 2.33. The number of methoxy groups -OCH3 is 1. The number of cyclic esters (lactones) is 1. The van der Waals surface area contributed by atoms with Crippen molar-refractivity contribution in [3.8, 4) is 12.3 Å². The number of hydrogen-bond donors (Lipinski definition) is 3. The van der Waals surface area contributed by atoms with Crippen molar-refractivity contribution in [2.75, 3.05) is 20.7 Å². The van der Waals surface area contributed by atoms with E-state index in [1.165, 1.54) is 34.8 Å². The number of carbonyl (C=O) groups excluding carboxylic acids is 4. The minimum atomic E-state index is -2.06. The summed E-state index contributed by atoms with van der Waals surface area (Å²) in [5, 5.41) is 40.9. The zero-order valence-electron chi connectivity index (χ0n) is 40.5. The zero-order valence-corrected chi connectivity index (χ0v) is 40.5. The van der Waals surface area contributed by atoms with E-state index in [0.29, 0.717) is 19.4 Å². The third-order valence-corrected chi connectivity index (χ3v) is 13.2. The van der Waals surface area contributed by atoms with Crippen LogP contribution in [0.15, 0.2) is 5.16 Å². The summed E-state index contributed by atoms with van der Waals surface area (Å²) >= 11 is 0. The Morgan fingerprint density at radius 2 is 1.53 bits per heavy atom. The quantitative estimate of drug-likeness (QED) is 0.0835. The summed E-state index contributed by atoms with van der Waals surface area (Å²) in [5.74, 6) is -3.93. The molecular formula is C46H76N2O16. The van der Waals surface area contributed by atoms with E-state index in [4.69, 9.17) is 49.2 Å². The molecule has 3 aliphatic rings. The van der Waals surface area contributed by atoms with Crippen LogP contribution in [0.4, 0.5) is 0 Å². The van der Waals surface area contributed by atoms with E-state index < -0.39 is 132 Å². The largest absolute Gasteiger partial charge is 0.459 e. The molecule has 0 aromatic rings.